The van der Waals surface area contributed by atoms with Gasteiger partial charge in [0.2, 0.25) is 5.91 Å². The number of hydrogen-bond donors (Lipinski definition) is 1. The highest BCUT2D eigenvalue weighted by Gasteiger charge is 2.11. The van der Waals surface area contributed by atoms with Crippen molar-refractivity contribution in [2.45, 2.75) is 39.7 Å². The Hall–Kier alpha value is -1.76. The van der Waals surface area contributed by atoms with E-state index >= 15 is 0 Å². The minimum atomic E-state index is -0.430. The third-order valence-corrected chi connectivity index (χ3v) is 2.79. The Morgan fingerprint density at radius 1 is 1.59 bits per heavy atom. The Morgan fingerprint density at radius 3 is 2.88 bits per heavy atom. The summed E-state index contributed by atoms with van der Waals surface area (Å²) in [5, 5.41) is 4.07. The van der Waals surface area contributed by atoms with Crippen LogP contribution in [0, 0.1) is 17.8 Å². The molecule has 92 valence electrons. The molecule has 1 heterocycles. The second kappa shape index (κ2) is 6.09. The van der Waals surface area contributed by atoms with Crippen molar-refractivity contribution in [3.63, 3.8) is 0 Å². The maximum absolute atomic E-state index is 11.0. The predicted octanol–water partition coefficient (Wildman–Crippen LogP) is 1.72. The van der Waals surface area contributed by atoms with Gasteiger partial charge in [-0.3, -0.25) is 9.48 Å². The summed E-state index contributed by atoms with van der Waals surface area (Å²) in [4.78, 5) is 11.0. The molecule has 0 aliphatic heterocycles. The number of rotatable bonds is 4. The van der Waals surface area contributed by atoms with Gasteiger partial charge in [0, 0.05) is 12.6 Å². The number of carbonyl (C=O) groups is 1. The summed E-state index contributed by atoms with van der Waals surface area (Å²) in [6.07, 6.45) is 5.42. The van der Waals surface area contributed by atoms with Crippen LogP contribution in [-0.4, -0.2) is 15.7 Å². The first-order valence-electron chi connectivity index (χ1n) is 5.87. The van der Waals surface area contributed by atoms with Gasteiger partial charge in [0.1, 0.15) is 6.04 Å². The van der Waals surface area contributed by atoms with Crippen LogP contribution in [0.2, 0.25) is 0 Å². The van der Waals surface area contributed by atoms with E-state index in [0.29, 0.717) is 5.92 Å². The summed E-state index contributed by atoms with van der Waals surface area (Å²) in [5.41, 5.74) is 6.02. The monoisotopic (exact) mass is 233 g/mol. The molecule has 0 saturated carbocycles. The van der Waals surface area contributed by atoms with Crippen molar-refractivity contribution in [3.8, 4) is 11.8 Å². The van der Waals surface area contributed by atoms with Gasteiger partial charge in [0.15, 0.2) is 0 Å². The second-order valence-electron chi connectivity index (χ2n) is 4.31. The van der Waals surface area contributed by atoms with Crippen molar-refractivity contribution in [1.82, 2.24) is 9.78 Å². The molecule has 1 aromatic rings. The van der Waals surface area contributed by atoms with Gasteiger partial charge in [-0.05, 0) is 12.8 Å². The molecule has 2 atom stereocenters. The van der Waals surface area contributed by atoms with Crippen LogP contribution in [0.3, 0.4) is 0 Å². The number of carbonyl (C=O) groups excluding carboxylic acids is 1. The standard InChI is InChI=1S/C13H19N3O/c1-4-10(2)6-5-7-12-8-15-16(9-12)11(3)13(14)17/h8-11H,4,6H2,1-3H3,(H2,14,17). The molecular weight excluding hydrogens is 214 g/mol. The number of aromatic nitrogens is 2. The van der Waals surface area contributed by atoms with Gasteiger partial charge < -0.3 is 5.73 Å². The molecule has 4 nitrogen and oxygen atoms in total. The van der Waals surface area contributed by atoms with Gasteiger partial charge in [-0.2, -0.15) is 5.10 Å². The lowest BCUT2D eigenvalue weighted by Crippen LogP contribution is -2.24. The molecule has 17 heavy (non-hydrogen) atoms. The summed E-state index contributed by atoms with van der Waals surface area (Å²) in [6.45, 7) is 6.04. The van der Waals surface area contributed by atoms with Gasteiger partial charge in [0.05, 0.1) is 11.8 Å². The van der Waals surface area contributed by atoms with Crippen molar-refractivity contribution in [1.29, 1.82) is 0 Å². The van der Waals surface area contributed by atoms with Crippen LogP contribution in [-0.2, 0) is 4.79 Å². The summed E-state index contributed by atoms with van der Waals surface area (Å²) in [7, 11) is 0. The van der Waals surface area contributed by atoms with E-state index in [0.717, 1.165) is 18.4 Å². The molecule has 1 amide bonds. The van der Waals surface area contributed by atoms with Gasteiger partial charge in [-0.15, -0.1) is 0 Å². The molecule has 0 radical (unpaired) electrons. The minimum Gasteiger partial charge on any atom is -0.368 e. The van der Waals surface area contributed by atoms with Gasteiger partial charge >= 0.3 is 0 Å². The molecular formula is C13H19N3O. The molecule has 2 unspecified atom stereocenters. The fourth-order valence-corrected chi connectivity index (χ4v) is 1.22. The highest BCUT2D eigenvalue weighted by atomic mass is 16.1. The van der Waals surface area contributed by atoms with E-state index in [1.807, 2.05) is 0 Å². The second-order valence-corrected chi connectivity index (χ2v) is 4.31. The molecule has 0 aromatic carbocycles. The van der Waals surface area contributed by atoms with Crippen LogP contribution < -0.4 is 5.73 Å². The Kier molecular flexibility index (Phi) is 4.77. The minimum absolute atomic E-state index is 0.396. The summed E-state index contributed by atoms with van der Waals surface area (Å²) >= 11 is 0. The highest BCUT2D eigenvalue weighted by Crippen LogP contribution is 2.07. The van der Waals surface area contributed by atoms with Crippen molar-refractivity contribution in [2.75, 3.05) is 0 Å². The number of hydrogen-bond acceptors (Lipinski definition) is 2. The normalized spacial score (nSPS) is 13.6. The first kappa shape index (κ1) is 13.3. The van der Waals surface area contributed by atoms with Crippen LogP contribution in [0.25, 0.3) is 0 Å². The molecule has 1 rings (SSSR count). The van der Waals surface area contributed by atoms with E-state index in [1.54, 1.807) is 19.3 Å². The fourth-order valence-electron chi connectivity index (χ4n) is 1.22. The maximum Gasteiger partial charge on any atom is 0.241 e. The highest BCUT2D eigenvalue weighted by molar-refractivity contribution is 5.77. The number of nitrogens with zero attached hydrogens (tertiary/aromatic N) is 2. The first-order chi connectivity index (χ1) is 8.04. The zero-order valence-corrected chi connectivity index (χ0v) is 10.6. The lowest BCUT2D eigenvalue weighted by Gasteiger charge is -2.05. The van der Waals surface area contributed by atoms with Gasteiger partial charge in [0.25, 0.3) is 0 Å². The number of nitrogens with two attached hydrogens (primary N) is 1. The maximum atomic E-state index is 11.0. The average Bonchev–Trinajstić information content (AvgIpc) is 2.76. The van der Waals surface area contributed by atoms with Crippen molar-refractivity contribution in [2.24, 2.45) is 11.7 Å². The fraction of sp³-hybridized carbons (Fsp3) is 0.538. The van der Waals surface area contributed by atoms with Gasteiger partial charge in [-0.25, -0.2) is 0 Å². The first-order valence-corrected chi connectivity index (χ1v) is 5.87. The van der Waals surface area contributed by atoms with E-state index in [4.69, 9.17) is 5.73 Å². The van der Waals surface area contributed by atoms with E-state index in [1.165, 1.54) is 4.68 Å². The smallest absolute Gasteiger partial charge is 0.241 e. The molecule has 0 spiro atoms. The van der Waals surface area contributed by atoms with E-state index < -0.39 is 11.9 Å². The molecule has 0 aliphatic carbocycles. The SMILES string of the molecule is CCC(C)CC#Cc1cnn(C(C)C(N)=O)c1. The topological polar surface area (TPSA) is 60.9 Å². The van der Waals surface area contributed by atoms with E-state index in [9.17, 15) is 4.79 Å². The van der Waals surface area contributed by atoms with Crippen LogP contribution in [0.1, 0.15) is 45.2 Å². The summed E-state index contributed by atoms with van der Waals surface area (Å²) < 4.78 is 1.54. The van der Waals surface area contributed by atoms with Crippen molar-refractivity contribution >= 4 is 5.91 Å². The predicted molar refractivity (Wildman–Crippen MR) is 67.1 cm³/mol. The molecule has 0 aliphatic rings. The Morgan fingerprint density at radius 2 is 2.29 bits per heavy atom. The Balaban J connectivity index is 2.65. The Bertz CT molecular complexity index is 439. The lowest BCUT2D eigenvalue weighted by molar-refractivity contribution is -0.120. The lowest BCUT2D eigenvalue weighted by atomic mass is 10.1. The van der Waals surface area contributed by atoms with Crippen LogP contribution in [0.15, 0.2) is 12.4 Å². The average molecular weight is 233 g/mol. The van der Waals surface area contributed by atoms with Crippen LogP contribution >= 0.6 is 0 Å². The van der Waals surface area contributed by atoms with Crippen LogP contribution in [0.5, 0.6) is 0 Å². The van der Waals surface area contributed by atoms with Crippen LogP contribution in [0.4, 0.5) is 0 Å². The third kappa shape index (κ3) is 3.95. The molecule has 4 heteroatoms. The largest absolute Gasteiger partial charge is 0.368 e. The summed E-state index contributed by atoms with van der Waals surface area (Å²) in [5.74, 6) is 6.37. The van der Waals surface area contributed by atoms with E-state index in [2.05, 4.69) is 30.8 Å². The quantitative estimate of drug-likeness (QED) is 0.805. The summed E-state index contributed by atoms with van der Waals surface area (Å²) in [6, 6.07) is -0.430. The van der Waals surface area contributed by atoms with Crippen molar-refractivity contribution in [3.05, 3.63) is 18.0 Å². The third-order valence-electron chi connectivity index (χ3n) is 2.79. The zero-order chi connectivity index (χ0) is 12.8. The zero-order valence-electron chi connectivity index (χ0n) is 10.6. The number of amides is 1. The number of primary amides is 1. The van der Waals surface area contributed by atoms with Gasteiger partial charge in [-0.1, -0.05) is 32.1 Å². The Labute approximate surface area is 102 Å². The van der Waals surface area contributed by atoms with E-state index in [-0.39, 0.29) is 0 Å². The molecule has 1 aromatic heterocycles. The van der Waals surface area contributed by atoms with Crippen molar-refractivity contribution < 1.29 is 4.79 Å². The molecule has 0 bridgehead atoms. The molecule has 2 N–H and O–H groups in total. The molecule has 0 saturated heterocycles. The molecule has 0 fully saturated rings.